The van der Waals surface area contributed by atoms with Crippen LogP contribution in [0.1, 0.15) is 50.5 Å². The summed E-state index contributed by atoms with van der Waals surface area (Å²) in [6, 6.07) is 5.06. The fraction of sp³-hybridized carbons (Fsp3) is 0.625. The second-order valence-electron chi connectivity index (χ2n) is 5.79. The van der Waals surface area contributed by atoms with Crippen LogP contribution in [0.2, 0.25) is 0 Å². The van der Waals surface area contributed by atoms with Crippen LogP contribution < -0.4 is 9.46 Å². The lowest BCUT2D eigenvalue weighted by molar-refractivity contribution is 0.411. The largest absolute Gasteiger partial charge is 0.496 e. The van der Waals surface area contributed by atoms with Crippen molar-refractivity contribution < 1.29 is 13.2 Å². The Labute approximate surface area is 127 Å². The fourth-order valence-electron chi connectivity index (χ4n) is 2.88. The Morgan fingerprint density at radius 2 is 1.71 bits per heavy atom. The molecule has 0 spiro atoms. The van der Waals surface area contributed by atoms with E-state index in [1.807, 2.05) is 6.92 Å². The van der Waals surface area contributed by atoms with Crippen molar-refractivity contribution in [3.05, 3.63) is 23.8 Å². The number of methoxy groups -OCH3 is 1. The molecule has 0 radical (unpaired) electrons. The third-order valence-corrected chi connectivity index (χ3v) is 5.62. The summed E-state index contributed by atoms with van der Waals surface area (Å²) in [6.07, 6.45) is 7.78. The van der Waals surface area contributed by atoms with Crippen LogP contribution in [-0.2, 0) is 10.0 Å². The van der Waals surface area contributed by atoms with E-state index in [0.717, 1.165) is 31.2 Å². The Bertz CT molecular complexity index is 561. The molecule has 4 nitrogen and oxygen atoms in total. The molecule has 0 amide bonds. The zero-order valence-electron chi connectivity index (χ0n) is 12.9. The summed E-state index contributed by atoms with van der Waals surface area (Å²) >= 11 is 0. The SMILES string of the molecule is COc1ccc(S(=O)(=O)NC2CCCCCCC2)cc1C. The van der Waals surface area contributed by atoms with Gasteiger partial charge in [0.15, 0.2) is 0 Å². The molecule has 0 unspecified atom stereocenters. The van der Waals surface area contributed by atoms with Gasteiger partial charge in [0, 0.05) is 6.04 Å². The molecule has 0 aliphatic heterocycles. The molecule has 1 N–H and O–H groups in total. The summed E-state index contributed by atoms with van der Waals surface area (Å²) in [5.74, 6) is 0.708. The molecule has 1 saturated carbocycles. The third kappa shape index (κ3) is 4.45. The minimum Gasteiger partial charge on any atom is -0.496 e. The van der Waals surface area contributed by atoms with Crippen molar-refractivity contribution in [2.75, 3.05) is 7.11 Å². The number of ether oxygens (including phenoxy) is 1. The van der Waals surface area contributed by atoms with Crippen LogP contribution in [0, 0.1) is 6.92 Å². The smallest absolute Gasteiger partial charge is 0.240 e. The highest BCUT2D eigenvalue weighted by Crippen LogP contribution is 2.23. The molecule has 0 saturated heterocycles. The van der Waals surface area contributed by atoms with E-state index in [2.05, 4.69) is 4.72 Å². The highest BCUT2D eigenvalue weighted by atomic mass is 32.2. The van der Waals surface area contributed by atoms with Crippen LogP contribution in [0.15, 0.2) is 23.1 Å². The van der Waals surface area contributed by atoms with Crippen LogP contribution in [0.4, 0.5) is 0 Å². The molecule has 1 aliphatic carbocycles. The normalized spacial score (nSPS) is 18.0. The van der Waals surface area contributed by atoms with E-state index in [4.69, 9.17) is 4.74 Å². The summed E-state index contributed by atoms with van der Waals surface area (Å²) in [7, 11) is -1.85. The quantitative estimate of drug-likeness (QED) is 0.927. The summed E-state index contributed by atoms with van der Waals surface area (Å²) in [4.78, 5) is 0.322. The maximum Gasteiger partial charge on any atom is 0.240 e. The molecule has 2 rings (SSSR count). The summed E-state index contributed by atoms with van der Waals surface area (Å²) < 4.78 is 33.1. The van der Waals surface area contributed by atoms with Gasteiger partial charge in [0.05, 0.1) is 12.0 Å². The first-order valence-electron chi connectivity index (χ1n) is 7.70. The van der Waals surface area contributed by atoms with Gasteiger partial charge in [-0.05, 0) is 43.5 Å². The van der Waals surface area contributed by atoms with E-state index in [1.54, 1.807) is 25.3 Å². The lowest BCUT2D eigenvalue weighted by Crippen LogP contribution is -2.35. The van der Waals surface area contributed by atoms with Crippen molar-refractivity contribution in [3.8, 4) is 5.75 Å². The highest BCUT2D eigenvalue weighted by Gasteiger charge is 2.21. The predicted octanol–water partition coefficient (Wildman–Crippen LogP) is 3.39. The molecule has 118 valence electrons. The number of hydrogen-bond acceptors (Lipinski definition) is 3. The number of hydrogen-bond donors (Lipinski definition) is 1. The zero-order chi connectivity index (χ0) is 15.3. The van der Waals surface area contributed by atoms with Gasteiger partial charge in [-0.2, -0.15) is 0 Å². The molecule has 5 heteroatoms. The average molecular weight is 311 g/mol. The van der Waals surface area contributed by atoms with Crippen molar-refractivity contribution in [2.24, 2.45) is 0 Å². The molecule has 0 atom stereocenters. The zero-order valence-corrected chi connectivity index (χ0v) is 13.7. The summed E-state index contributed by atoms with van der Waals surface area (Å²) in [5.41, 5.74) is 0.832. The maximum atomic E-state index is 12.5. The predicted molar refractivity (Wildman–Crippen MR) is 84.2 cm³/mol. The van der Waals surface area contributed by atoms with Crippen LogP contribution in [-0.4, -0.2) is 21.6 Å². The second-order valence-corrected chi connectivity index (χ2v) is 7.51. The standard InChI is InChI=1S/C16H25NO3S/c1-13-12-15(10-11-16(13)20-2)21(18,19)17-14-8-6-4-3-5-7-9-14/h10-12,14,17H,3-9H2,1-2H3. The van der Waals surface area contributed by atoms with Gasteiger partial charge in [0.25, 0.3) is 0 Å². The number of aryl methyl sites for hydroxylation is 1. The van der Waals surface area contributed by atoms with E-state index in [1.165, 1.54) is 19.3 Å². The third-order valence-electron chi connectivity index (χ3n) is 4.10. The highest BCUT2D eigenvalue weighted by molar-refractivity contribution is 7.89. The first-order valence-corrected chi connectivity index (χ1v) is 9.18. The molecular weight excluding hydrogens is 286 g/mol. The van der Waals surface area contributed by atoms with Crippen LogP contribution in [0.5, 0.6) is 5.75 Å². The van der Waals surface area contributed by atoms with Crippen molar-refractivity contribution >= 4 is 10.0 Å². The molecule has 1 aliphatic rings. The van der Waals surface area contributed by atoms with Crippen molar-refractivity contribution in [3.63, 3.8) is 0 Å². The Morgan fingerprint density at radius 3 is 2.29 bits per heavy atom. The molecule has 1 aromatic rings. The number of benzene rings is 1. The van der Waals surface area contributed by atoms with E-state index in [0.29, 0.717) is 10.6 Å². The van der Waals surface area contributed by atoms with Gasteiger partial charge in [-0.1, -0.05) is 32.1 Å². The Balaban J connectivity index is 2.11. The van der Waals surface area contributed by atoms with E-state index < -0.39 is 10.0 Å². The van der Waals surface area contributed by atoms with Crippen molar-refractivity contribution in [1.29, 1.82) is 0 Å². The Kier molecular flexibility index (Phi) is 5.65. The second kappa shape index (κ2) is 7.27. The summed E-state index contributed by atoms with van der Waals surface area (Å²) in [6.45, 7) is 1.85. The van der Waals surface area contributed by atoms with Gasteiger partial charge in [-0.3, -0.25) is 0 Å². The van der Waals surface area contributed by atoms with Gasteiger partial charge in [0.2, 0.25) is 10.0 Å². The average Bonchev–Trinajstić information content (AvgIpc) is 2.41. The first kappa shape index (κ1) is 16.3. The molecule has 0 bridgehead atoms. The first-order chi connectivity index (χ1) is 10.0. The minimum atomic E-state index is -3.44. The maximum absolute atomic E-state index is 12.5. The van der Waals surface area contributed by atoms with E-state index in [-0.39, 0.29) is 6.04 Å². The topological polar surface area (TPSA) is 55.4 Å². The van der Waals surface area contributed by atoms with Gasteiger partial charge in [0.1, 0.15) is 5.75 Å². The van der Waals surface area contributed by atoms with Crippen molar-refractivity contribution in [2.45, 2.75) is 62.8 Å². The Hall–Kier alpha value is -1.07. The monoisotopic (exact) mass is 311 g/mol. The molecular formula is C16H25NO3S. The van der Waals surface area contributed by atoms with E-state index in [9.17, 15) is 8.42 Å². The lowest BCUT2D eigenvalue weighted by atomic mass is 9.97. The number of sulfonamides is 1. The minimum absolute atomic E-state index is 0.0673. The Morgan fingerprint density at radius 1 is 1.10 bits per heavy atom. The van der Waals surface area contributed by atoms with Crippen LogP contribution in [0.25, 0.3) is 0 Å². The number of rotatable bonds is 4. The van der Waals surface area contributed by atoms with Gasteiger partial charge < -0.3 is 4.74 Å². The molecule has 21 heavy (non-hydrogen) atoms. The molecule has 1 aromatic carbocycles. The van der Waals surface area contributed by atoms with Crippen LogP contribution in [0.3, 0.4) is 0 Å². The van der Waals surface area contributed by atoms with Crippen molar-refractivity contribution in [1.82, 2.24) is 4.72 Å². The number of nitrogens with one attached hydrogen (secondary N) is 1. The molecule has 0 aromatic heterocycles. The fourth-order valence-corrected chi connectivity index (χ4v) is 4.27. The van der Waals surface area contributed by atoms with Gasteiger partial charge >= 0.3 is 0 Å². The molecule has 0 heterocycles. The van der Waals surface area contributed by atoms with Crippen LogP contribution >= 0.6 is 0 Å². The lowest BCUT2D eigenvalue weighted by Gasteiger charge is -2.21. The summed E-state index contributed by atoms with van der Waals surface area (Å²) in [5, 5.41) is 0. The van der Waals surface area contributed by atoms with E-state index >= 15 is 0 Å². The van der Waals surface area contributed by atoms with Gasteiger partial charge in [-0.25, -0.2) is 13.1 Å². The molecule has 1 fully saturated rings. The van der Waals surface area contributed by atoms with Gasteiger partial charge in [-0.15, -0.1) is 0 Å².